The first-order valence-corrected chi connectivity index (χ1v) is 3.55. The number of hydrogen-bond donors (Lipinski definition) is 1. The number of carbonyl (C=O) groups is 1. The first-order chi connectivity index (χ1) is 4.61. The molecule has 0 aliphatic carbocycles. The predicted octanol–water partition coefficient (Wildman–Crippen LogP) is 1.29. The van der Waals surface area contributed by atoms with Crippen LogP contribution in [0.3, 0.4) is 0 Å². The number of carboxylic acids is 1. The lowest BCUT2D eigenvalue weighted by Crippen LogP contribution is -1.95. The fourth-order valence-electron chi connectivity index (χ4n) is 0.469. The van der Waals surface area contributed by atoms with Gasteiger partial charge >= 0.3 is 11.9 Å². The van der Waals surface area contributed by atoms with Gasteiger partial charge in [-0.25, -0.2) is 4.79 Å². The Morgan fingerprint density at radius 3 is 2.60 bits per heavy atom. The Bertz CT molecular complexity index is 248. The minimum Gasteiger partial charge on any atom is -0.474 e. The largest absolute Gasteiger partial charge is 0.474 e. The van der Waals surface area contributed by atoms with Gasteiger partial charge in [-0.3, -0.25) is 0 Å². The van der Waals surface area contributed by atoms with E-state index < -0.39 is 5.97 Å². The SMILES string of the molecule is Cc1oc(C(=O)O)nc1I. The molecule has 0 aromatic carbocycles. The van der Waals surface area contributed by atoms with Crippen molar-refractivity contribution in [3.63, 3.8) is 0 Å². The predicted molar refractivity (Wildman–Crippen MR) is 40.9 cm³/mol. The maximum absolute atomic E-state index is 10.2. The van der Waals surface area contributed by atoms with Gasteiger partial charge in [-0.1, -0.05) is 0 Å². The van der Waals surface area contributed by atoms with E-state index in [9.17, 15) is 4.79 Å². The molecule has 0 amide bonds. The normalized spacial score (nSPS) is 9.80. The number of aromatic nitrogens is 1. The summed E-state index contributed by atoms with van der Waals surface area (Å²) in [6.45, 7) is 1.67. The molecule has 0 saturated carbocycles. The summed E-state index contributed by atoms with van der Waals surface area (Å²) < 4.78 is 5.35. The molecule has 0 saturated heterocycles. The third-order valence-electron chi connectivity index (χ3n) is 0.923. The van der Waals surface area contributed by atoms with Crippen molar-refractivity contribution in [1.29, 1.82) is 0 Å². The minimum atomic E-state index is -1.13. The van der Waals surface area contributed by atoms with Crippen LogP contribution in [0.4, 0.5) is 0 Å². The van der Waals surface area contributed by atoms with Crippen molar-refractivity contribution >= 4 is 28.6 Å². The molecular formula is C5H4INO3. The van der Waals surface area contributed by atoms with E-state index in [0.717, 1.165) is 0 Å². The highest BCUT2D eigenvalue weighted by molar-refractivity contribution is 14.1. The fourth-order valence-corrected chi connectivity index (χ4v) is 0.798. The van der Waals surface area contributed by atoms with Crippen LogP contribution in [0.25, 0.3) is 0 Å². The van der Waals surface area contributed by atoms with Crippen molar-refractivity contribution in [2.75, 3.05) is 0 Å². The lowest BCUT2D eigenvalue weighted by Gasteiger charge is -1.79. The van der Waals surface area contributed by atoms with Crippen molar-refractivity contribution in [3.05, 3.63) is 15.4 Å². The quantitative estimate of drug-likeness (QED) is 0.766. The van der Waals surface area contributed by atoms with E-state index in [0.29, 0.717) is 9.46 Å². The van der Waals surface area contributed by atoms with Crippen LogP contribution in [0.5, 0.6) is 0 Å². The van der Waals surface area contributed by atoms with Gasteiger partial charge < -0.3 is 9.52 Å². The molecule has 0 radical (unpaired) electrons. The number of halogens is 1. The average molecular weight is 253 g/mol. The Morgan fingerprint density at radius 2 is 2.40 bits per heavy atom. The molecule has 0 fully saturated rings. The lowest BCUT2D eigenvalue weighted by atomic mass is 10.6. The molecule has 5 heteroatoms. The van der Waals surface area contributed by atoms with Gasteiger partial charge in [-0.2, -0.15) is 4.98 Å². The highest BCUT2D eigenvalue weighted by Gasteiger charge is 2.12. The van der Waals surface area contributed by atoms with Gasteiger partial charge in [-0.15, -0.1) is 0 Å². The van der Waals surface area contributed by atoms with Gasteiger partial charge in [0.15, 0.2) is 0 Å². The van der Waals surface area contributed by atoms with Crippen LogP contribution in [0.15, 0.2) is 4.42 Å². The smallest absolute Gasteiger partial charge is 0.392 e. The molecule has 10 heavy (non-hydrogen) atoms. The molecule has 0 bridgehead atoms. The summed E-state index contributed by atoms with van der Waals surface area (Å²) in [7, 11) is 0. The zero-order chi connectivity index (χ0) is 7.72. The van der Waals surface area contributed by atoms with Crippen LogP contribution in [-0.4, -0.2) is 16.1 Å². The Hall–Kier alpha value is -0.590. The summed E-state index contributed by atoms with van der Waals surface area (Å²) in [6.07, 6.45) is 0. The highest BCUT2D eigenvalue weighted by atomic mass is 127. The highest BCUT2D eigenvalue weighted by Crippen LogP contribution is 2.11. The Morgan fingerprint density at radius 1 is 1.80 bits per heavy atom. The Kier molecular flexibility index (Phi) is 1.93. The minimum absolute atomic E-state index is 0.248. The second-order valence-electron chi connectivity index (χ2n) is 1.67. The molecular weight excluding hydrogens is 249 g/mol. The number of rotatable bonds is 1. The molecule has 0 aliphatic rings. The summed E-state index contributed by atoms with van der Waals surface area (Å²) in [6, 6.07) is 0. The molecule has 0 aliphatic heterocycles. The molecule has 0 unspecified atom stereocenters. The van der Waals surface area contributed by atoms with Gasteiger partial charge in [0.1, 0.15) is 9.46 Å². The molecule has 4 nitrogen and oxygen atoms in total. The molecule has 1 rings (SSSR count). The maximum Gasteiger partial charge on any atom is 0.392 e. The van der Waals surface area contributed by atoms with Crippen LogP contribution in [0, 0.1) is 10.6 Å². The molecule has 1 N–H and O–H groups in total. The van der Waals surface area contributed by atoms with E-state index in [1.54, 1.807) is 6.92 Å². The van der Waals surface area contributed by atoms with Crippen LogP contribution >= 0.6 is 22.6 Å². The Balaban J connectivity index is 3.10. The Labute approximate surface area is 70.4 Å². The fraction of sp³-hybridized carbons (Fsp3) is 0.200. The zero-order valence-electron chi connectivity index (χ0n) is 5.09. The monoisotopic (exact) mass is 253 g/mol. The molecule has 0 spiro atoms. The molecule has 1 heterocycles. The van der Waals surface area contributed by atoms with Crippen LogP contribution < -0.4 is 0 Å². The summed E-state index contributed by atoms with van der Waals surface area (Å²) >= 11 is 1.91. The summed E-state index contributed by atoms with van der Waals surface area (Å²) in [4.78, 5) is 13.8. The molecule has 54 valence electrons. The average Bonchev–Trinajstić information content (AvgIpc) is 2.13. The second kappa shape index (κ2) is 2.57. The van der Waals surface area contributed by atoms with Gasteiger partial charge in [-0.05, 0) is 29.5 Å². The van der Waals surface area contributed by atoms with E-state index in [1.165, 1.54) is 0 Å². The van der Waals surface area contributed by atoms with Crippen molar-refractivity contribution in [2.24, 2.45) is 0 Å². The first kappa shape index (κ1) is 7.52. The van der Waals surface area contributed by atoms with Crippen molar-refractivity contribution in [3.8, 4) is 0 Å². The number of aryl methyl sites for hydroxylation is 1. The van der Waals surface area contributed by atoms with Crippen molar-refractivity contribution < 1.29 is 14.3 Å². The van der Waals surface area contributed by atoms with E-state index in [-0.39, 0.29) is 5.89 Å². The van der Waals surface area contributed by atoms with Gasteiger partial charge in [0.2, 0.25) is 0 Å². The molecule has 1 aromatic rings. The standard InChI is InChI=1S/C5H4INO3/c1-2-3(6)7-4(10-2)5(8)9/h1H3,(H,8,9). The summed E-state index contributed by atoms with van der Waals surface area (Å²) in [5, 5.41) is 8.36. The third-order valence-corrected chi connectivity index (χ3v) is 1.92. The van der Waals surface area contributed by atoms with E-state index >= 15 is 0 Å². The number of aromatic carboxylic acids is 1. The van der Waals surface area contributed by atoms with Crippen LogP contribution in [0.1, 0.15) is 16.4 Å². The number of nitrogens with zero attached hydrogens (tertiary/aromatic N) is 1. The zero-order valence-corrected chi connectivity index (χ0v) is 7.25. The summed E-state index contributed by atoms with van der Waals surface area (Å²) in [5.41, 5.74) is 0. The second-order valence-corrected chi connectivity index (χ2v) is 2.69. The van der Waals surface area contributed by atoms with Crippen LogP contribution in [0.2, 0.25) is 0 Å². The van der Waals surface area contributed by atoms with E-state index in [2.05, 4.69) is 4.98 Å². The lowest BCUT2D eigenvalue weighted by molar-refractivity contribution is 0.0652. The van der Waals surface area contributed by atoms with Crippen LogP contribution in [-0.2, 0) is 0 Å². The molecule has 1 aromatic heterocycles. The third kappa shape index (κ3) is 1.28. The summed E-state index contributed by atoms with van der Waals surface area (Å²) in [5.74, 6) is -0.842. The van der Waals surface area contributed by atoms with Crippen molar-refractivity contribution in [2.45, 2.75) is 6.92 Å². The van der Waals surface area contributed by atoms with E-state index in [4.69, 9.17) is 9.52 Å². The van der Waals surface area contributed by atoms with Crippen molar-refractivity contribution in [1.82, 2.24) is 4.98 Å². The number of carboxylic acid groups (broad SMARTS) is 1. The molecule has 0 atom stereocenters. The van der Waals surface area contributed by atoms with Gasteiger partial charge in [0.25, 0.3) is 0 Å². The van der Waals surface area contributed by atoms with Gasteiger partial charge in [0.05, 0.1) is 0 Å². The van der Waals surface area contributed by atoms with Gasteiger partial charge in [0, 0.05) is 0 Å². The topological polar surface area (TPSA) is 63.3 Å². The number of hydrogen-bond acceptors (Lipinski definition) is 3. The van der Waals surface area contributed by atoms with E-state index in [1.807, 2.05) is 22.6 Å². The maximum atomic E-state index is 10.2. The first-order valence-electron chi connectivity index (χ1n) is 2.47. The number of oxazole rings is 1.